The molecule has 0 bridgehead atoms. The number of hydrogen-bond donors (Lipinski definition) is 0. The van der Waals surface area contributed by atoms with Crippen LogP contribution in [0, 0.1) is 0 Å². The maximum absolute atomic E-state index is 2.42. The summed E-state index contributed by atoms with van der Waals surface area (Å²) in [5, 5.41) is 3.83. The van der Waals surface area contributed by atoms with E-state index in [4.69, 9.17) is 0 Å². The summed E-state index contributed by atoms with van der Waals surface area (Å²) in [5.74, 6) is 0. The fraction of sp³-hybridized carbons (Fsp3) is 0. The van der Waals surface area contributed by atoms with Crippen molar-refractivity contribution in [3.05, 3.63) is 121 Å². The van der Waals surface area contributed by atoms with Crippen LogP contribution in [0.5, 0.6) is 0 Å². The van der Waals surface area contributed by atoms with E-state index in [0.29, 0.717) is 0 Å². The third-order valence-corrected chi connectivity index (χ3v) is 5.88. The summed E-state index contributed by atoms with van der Waals surface area (Å²) in [7, 11) is 0. The molecule has 0 aliphatic heterocycles. The molecule has 1 heteroatoms. The Morgan fingerprint density at radius 1 is 0.367 bits per heavy atom. The van der Waals surface area contributed by atoms with Crippen molar-refractivity contribution in [2.24, 2.45) is 0 Å². The zero-order chi connectivity index (χ0) is 19.9. The molecule has 0 aliphatic carbocycles. The number of hydrogen-bond acceptors (Lipinski definition) is 0. The molecular weight excluding hydrogens is 362 g/mol. The minimum atomic E-state index is 1.20. The molecule has 0 N–H and O–H groups in total. The van der Waals surface area contributed by atoms with Gasteiger partial charge in [0.1, 0.15) is 0 Å². The van der Waals surface area contributed by atoms with Crippen molar-refractivity contribution in [1.82, 2.24) is 0 Å². The molecule has 0 radical (unpaired) electrons. The number of fused-ring (bicyclic) bond motifs is 6. The molecule has 0 spiro atoms. The molecule has 140 valence electrons. The van der Waals surface area contributed by atoms with E-state index in [-0.39, 0.29) is 0 Å². The molecule has 6 aromatic rings. The molecule has 6 rings (SSSR count). The van der Waals surface area contributed by atoms with Crippen LogP contribution in [0.1, 0.15) is 0 Å². The van der Waals surface area contributed by atoms with E-state index in [9.17, 15) is 0 Å². The third kappa shape index (κ3) is 2.60. The molecule has 0 saturated carbocycles. The second-order valence-corrected chi connectivity index (χ2v) is 7.64. The number of para-hydroxylation sites is 1. The van der Waals surface area contributed by atoms with Crippen LogP contribution in [0.25, 0.3) is 49.6 Å². The zero-order valence-corrected chi connectivity index (χ0v) is 16.5. The molecular formula is C29H20N+. The van der Waals surface area contributed by atoms with Gasteiger partial charge >= 0.3 is 0 Å². The average molecular weight is 382 g/mol. The van der Waals surface area contributed by atoms with Crippen molar-refractivity contribution < 1.29 is 4.40 Å². The van der Waals surface area contributed by atoms with Crippen LogP contribution in [-0.2, 0) is 0 Å². The van der Waals surface area contributed by atoms with Gasteiger partial charge in [-0.1, -0.05) is 78.9 Å². The van der Waals surface area contributed by atoms with Crippen molar-refractivity contribution in [3.8, 4) is 22.4 Å². The number of nitrogens with zero attached hydrogens (tertiary/aromatic N) is 1. The summed E-state index contributed by atoms with van der Waals surface area (Å²) in [5.41, 5.74) is 7.33. The molecule has 0 aliphatic rings. The van der Waals surface area contributed by atoms with E-state index in [1.54, 1.807) is 0 Å². The first-order valence-corrected chi connectivity index (χ1v) is 10.3. The van der Waals surface area contributed by atoms with Gasteiger partial charge in [-0.25, -0.2) is 0 Å². The Morgan fingerprint density at radius 3 is 1.60 bits per heavy atom. The number of aromatic nitrogens is 1. The van der Waals surface area contributed by atoms with Crippen molar-refractivity contribution in [1.29, 1.82) is 0 Å². The van der Waals surface area contributed by atoms with Gasteiger partial charge in [-0.3, -0.25) is 0 Å². The van der Waals surface area contributed by atoms with Gasteiger partial charge in [0, 0.05) is 29.1 Å². The highest BCUT2D eigenvalue weighted by atomic mass is 14.9. The van der Waals surface area contributed by atoms with Crippen LogP contribution in [0.3, 0.4) is 0 Å². The minimum absolute atomic E-state index is 1.20. The summed E-state index contributed by atoms with van der Waals surface area (Å²) in [6.07, 6.45) is 0. The largest absolute Gasteiger partial charge is 0.220 e. The monoisotopic (exact) mass is 382 g/mol. The Balaban J connectivity index is 1.87. The van der Waals surface area contributed by atoms with Gasteiger partial charge in [0.25, 0.3) is 0 Å². The summed E-state index contributed by atoms with van der Waals surface area (Å²) in [6, 6.07) is 43.4. The first-order chi connectivity index (χ1) is 14.9. The van der Waals surface area contributed by atoms with E-state index in [2.05, 4.69) is 126 Å². The second-order valence-electron chi connectivity index (χ2n) is 7.64. The molecule has 1 nitrogen and oxygen atoms in total. The smallest absolute Gasteiger partial charge is 0.152 e. The lowest BCUT2D eigenvalue weighted by molar-refractivity contribution is -0.467. The molecule has 0 atom stereocenters. The highest BCUT2D eigenvalue weighted by Gasteiger charge is 2.22. The third-order valence-electron chi connectivity index (χ3n) is 5.88. The van der Waals surface area contributed by atoms with E-state index < -0.39 is 0 Å². The van der Waals surface area contributed by atoms with Gasteiger partial charge in [0.2, 0.25) is 16.7 Å². The number of pyridine rings is 2. The fourth-order valence-corrected chi connectivity index (χ4v) is 4.51. The van der Waals surface area contributed by atoms with Gasteiger partial charge < -0.3 is 0 Å². The van der Waals surface area contributed by atoms with E-state index in [0.717, 1.165) is 0 Å². The first kappa shape index (κ1) is 16.9. The average Bonchev–Trinajstić information content (AvgIpc) is 2.84. The Bertz CT molecular complexity index is 1520. The lowest BCUT2D eigenvalue weighted by atomic mass is 9.98. The van der Waals surface area contributed by atoms with Crippen LogP contribution in [-0.4, -0.2) is 0 Å². The SMILES string of the molecule is c1ccc(-c2cc(-c3ccccc3)[n+]3c4ccccc4c4ccccc4c3c2)cc1. The van der Waals surface area contributed by atoms with E-state index >= 15 is 0 Å². The molecule has 0 fully saturated rings. The van der Waals surface area contributed by atoms with Crippen molar-refractivity contribution in [2.45, 2.75) is 0 Å². The molecule has 2 aromatic heterocycles. The Kier molecular flexibility index (Phi) is 3.85. The minimum Gasteiger partial charge on any atom is -0.152 e. The quantitative estimate of drug-likeness (QED) is 0.223. The zero-order valence-electron chi connectivity index (χ0n) is 16.5. The second kappa shape index (κ2) is 6.82. The van der Waals surface area contributed by atoms with Crippen molar-refractivity contribution >= 4 is 27.2 Å². The van der Waals surface area contributed by atoms with Crippen molar-refractivity contribution in [3.63, 3.8) is 0 Å². The van der Waals surface area contributed by atoms with Crippen molar-refractivity contribution in [2.75, 3.05) is 0 Å². The number of rotatable bonds is 2. The highest BCUT2D eigenvalue weighted by molar-refractivity contribution is 6.10. The standard InChI is InChI=1S/C29H20N/c1-3-11-21(12-4-1)23-19-28(22-13-5-2-6-14-22)30-27-18-10-9-16-25(27)24-15-7-8-17-26(24)29(30)20-23/h1-20H/q+1. The molecule has 0 amide bonds. The molecule has 0 saturated heterocycles. The fourth-order valence-electron chi connectivity index (χ4n) is 4.51. The first-order valence-electron chi connectivity index (χ1n) is 10.3. The molecule has 2 heterocycles. The molecule has 30 heavy (non-hydrogen) atoms. The lowest BCUT2D eigenvalue weighted by Crippen LogP contribution is -2.27. The molecule has 0 unspecified atom stereocenters. The maximum Gasteiger partial charge on any atom is 0.220 e. The Hall–Kier alpha value is -3.97. The van der Waals surface area contributed by atoms with Gasteiger partial charge in [0.05, 0.1) is 10.8 Å². The predicted molar refractivity (Wildman–Crippen MR) is 125 cm³/mol. The van der Waals surface area contributed by atoms with Gasteiger partial charge in [-0.05, 0) is 35.4 Å². The normalized spacial score (nSPS) is 11.3. The Morgan fingerprint density at radius 2 is 0.900 bits per heavy atom. The highest BCUT2D eigenvalue weighted by Crippen LogP contribution is 2.32. The Labute approximate surface area is 175 Å². The van der Waals surface area contributed by atoms with Gasteiger partial charge in [-0.15, -0.1) is 0 Å². The summed E-state index contributed by atoms with van der Waals surface area (Å²) < 4.78 is 2.42. The van der Waals surface area contributed by atoms with Crippen LogP contribution in [0.15, 0.2) is 121 Å². The van der Waals surface area contributed by atoms with E-state index in [1.165, 1.54) is 49.6 Å². The number of benzene rings is 4. The lowest BCUT2D eigenvalue weighted by Gasteiger charge is -2.10. The summed E-state index contributed by atoms with van der Waals surface area (Å²) >= 11 is 0. The van der Waals surface area contributed by atoms with Crippen LogP contribution < -0.4 is 4.40 Å². The molecule has 4 aromatic carbocycles. The topological polar surface area (TPSA) is 4.10 Å². The summed E-state index contributed by atoms with van der Waals surface area (Å²) in [6.45, 7) is 0. The van der Waals surface area contributed by atoms with Crippen LogP contribution >= 0.6 is 0 Å². The van der Waals surface area contributed by atoms with Crippen LogP contribution in [0.4, 0.5) is 0 Å². The summed E-state index contributed by atoms with van der Waals surface area (Å²) in [4.78, 5) is 0. The predicted octanol–water partition coefficient (Wildman–Crippen LogP) is 7.07. The van der Waals surface area contributed by atoms with Gasteiger partial charge in [-0.2, -0.15) is 4.40 Å². The van der Waals surface area contributed by atoms with E-state index in [1.807, 2.05) is 0 Å². The van der Waals surface area contributed by atoms with Gasteiger partial charge in [0.15, 0.2) is 0 Å². The van der Waals surface area contributed by atoms with Crippen LogP contribution in [0.2, 0.25) is 0 Å². The maximum atomic E-state index is 2.42.